The fraction of sp³-hybridized carbons (Fsp3) is 0.417. The third kappa shape index (κ3) is 3.20. The lowest BCUT2D eigenvalue weighted by molar-refractivity contribution is 0.151. The van der Waals surface area contributed by atoms with Crippen LogP contribution in [0.15, 0.2) is 18.2 Å². The predicted molar refractivity (Wildman–Crippen MR) is 56.5 cm³/mol. The summed E-state index contributed by atoms with van der Waals surface area (Å²) < 4.78 is 30.2. The first-order valence-electron chi connectivity index (χ1n) is 5.09. The Kier molecular flexibility index (Phi) is 4.71. The highest BCUT2D eigenvalue weighted by atomic mass is 19.3. The van der Waals surface area contributed by atoms with Gasteiger partial charge in [-0.2, -0.15) is 5.26 Å². The van der Waals surface area contributed by atoms with Crippen molar-refractivity contribution in [1.29, 1.82) is 5.26 Å². The fourth-order valence-corrected chi connectivity index (χ4v) is 1.39. The number of nitriles is 1. The van der Waals surface area contributed by atoms with Gasteiger partial charge in [-0.25, -0.2) is 8.78 Å². The lowest BCUT2D eigenvalue weighted by Crippen LogP contribution is -1.98. The number of halogens is 2. The molecule has 0 aliphatic rings. The second-order valence-corrected chi connectivity index (χ2v) is 3.26. The Labute approximate surface area is 93.5 Å². The molecule has 0 spiro atoms. The summed E-state index contributed by atoms with van der Waals surface area (Å²) >= 11 is 0. The largest absolute Gasteiger partial charge is 0.494 e. The normalized spacial score (nSPS) is 10.2. The van der Waals surface area contributed by atoms with Crippen molar-refractivity contribution in [2.24, 2.45) is 0 Å². The third-order valence-corrected chi connectivity index (χ3v) is 2.15. The number of rotatable bonds is 5. The number of ether oxygens (including phenoxy) is 1. The SMILES string of the molecule is CCOc1cc(C(F)F)ccc1CCC#N. The number of hydrogen-bond donors (Lipinski definition) is 0. The maximum absolute atomic E-state index is 12.5. The standard InChI is InChI=1S/C12H13F2NO/c1-2-16-11-8-10(12(13)14)6-5-9(11)4-3-7-15/h5-6,8,12H,2-4H2,1H3. The molecule has 1 aromatic rings. The van der Waals surface area contributed by atoms with Crippen LogP contribution in [-0.2, 0) is 6.42 Å². The first kappa shape index (κ1) is 12.4. The van der Waals surface area contributed by atoms with Crippen LogP contribution in [0.25, 0.3) is 0 Å². The molecule has 0 heterocycles. The zero-order valence-electron chi connectivity index (χ0n) is 9.04. The summed E-state index contributed by atoms with van der Waals surface area (Å²) in [5.74, 6) is 0.454. The molecule has 0 atom stereocenters. The molecule has 0 aliphatic heterocycles. The average molecular weight is 225 g/mol. The first-order valence-corrected chi connectivity index (χ1v) is 5.09. The topological polar surface area (TPSA) is 33.0 Å². The van der Waals surface area contributed by atoms with Crippen LogP contribution in [0.3, 0.4) is 0 Å². The summed E-state index contributed by atoms with van der Waals surface area (Å²) in [6.45, 7) is 2.22. The van der Waals surface area contributed by atoms with E-state index in [9.17, 15) is 8.78 Å². The highest BCUT2D eigenvalue weighted by Crippen LogP contribution is 2.27. The number of nitrogens with zero attached hydrogens (tertiary/aromatic N) is 1. The number of alkyl halides is 2. The quantitative estimate of drug-likeness (QED) is 0.768. The second-order valence-electron chi connectivity index (χ2n) is 3.26. The van der Waals surface area contributed by atoms with Gasteiger partial charge in [0.05, 0.1) is 12.7 Å². The summed E-state index contributed by atoms with van der Waals surface area (Å²) in [4.78, 5) is 0. The Balaban J connectivity index is 2.95. The van der Waals surface area contributed by atoms with Gasteiger partial charge in [-0.15, -0.1) is 0 Å². The molecule has 1 aromatic carbocycles. The van der Waals surface area contributed by atoms with Crippen molar-refractivity contribution >= 4 is 0 Å². The van der Waals surface area contributed by atoms with E-state index < -0.39 is 6.43 Å². The van der Waals surface area contributed by atoms with E-state index in [1.54, 1.807) is 13.0 Å². The first-order chi connectivity index (χ1) is 7.69. The molecule has 0 aromatic heterocycles. The maximum atomic E-state index is 12.5. The lowest BCUT2D eigenvalue weighted by Gasteiger charge is -2.11. The minimum Gasteiger partial charge on any atom is -0.494 e. The van der Waals surface area contributed by atoms with E-state index in [-0.39, 0.29) is 5.56 Å². The van der Waals surface area contributed by atoms with Crippen molar-refractivity contribution < 1.29 is 13.5 Å². The molecule has 2 nitrogen and oxygen atoms in total. The molecule has 0 N–H and O–H groups in total. The fourth-order valence-electron chi connectivity index (χ4n) is 1.39. The average Bonchev–Trinajstić information content (AvgIpc) is 2.27. The van der Waals surface area contributed by atoms with E-state index in [4.69, 9.17) is 10.00 Å². The molecule has 0 saturated carbocycles. The van der Waals surface area contributed by atoms with Crippen LogP contribution in [0.2, 0.25) is 0 Å². The van der Waals surface area contributed by atoms with Crippen LogP contribution < -0.4 is 4.74 Å². The summed E-state index contributed by atoms with van der Waals surface area (Å²) in [5.41, 5.74) is 0.747. The van der Waals surface area contributed by atoms with Crippen LogP contribution in [0.4, 0.5) is 8.78 Å². The summed E-state index contributed by atoms with van der Waals surface area (Å²) in [6.07, 6.45) is -1.62. The minimum absolute atomic E-state index is 0.0517. The zero-order valence-corrected chi connectivity index (χ0v) is 9.04. The molecule has 0 radical (unpaired) electrons. The van der Waals surface area contributed by atoms with Crippen LogP contribution in [0.5, 0.6) is 5.75 Å². The molecule has 0 aliphatic carbocycles. The smallest absolute Gasteiger partial charge is 0.263 e. The molecule has 0 saturated heterocycles. The van der Waals surface area contributed by atoms with Gasteiger partial charge in [-0.3, -0.25) is 0 Å². The third-order valence-electron chi connectivity index (χ3n) is 2.15. The molecule has 0 bridgehead atoms. The van der Waals surface area contributed by atoms with E-state index >= 15 is 0 Å². The summed E-state index contributed by atoms with van der Waals surface area (Å²) in [6, 6.07) is 6.34. The molecule has 86 valence electrons. The Hall–Kier alpha value is -1.63. The molecule has 1 rings (SSSR count). The van der Waals surface area contributed by atoms with Crippen molar-refractivity contribution in [2.75, 3.05) is 6.61 Å². The van der Waals surface area contributed by atoms with E-state index in [0.29, 0.717) is 25.2 Å². The summed E-state index contributed by atoms with van der Waals surface area (Å²) in [7, 11) is 0. The van der Waals surface area contributed by atoms with Gasteiger partial charge >= 0.3 is 0 Å². The number of aryl methyl sites for hydroxylation is 1. The Morgan fingerprint density at radius 2 is 2.19 bits per heavy atom. The van der Waals surface area contributed by atoms with Gasteiger partial charge in [0.15, 0.2) is 0 Å². The molecule has 0 fully saturated rings. The van der Waals surface area contributed by atoms with Crippen LogP contribution in [0, 0.1) is 11.3 Å². The molecular formula is C12H13F2NO. The van der Waals surface area contributed by atoms with Gasteiger partial charge in [0.2, 0.25) is 0 Å². The van der Waals surface area contributed by atoms with Gasteiger partial charge in [0, 0.05) is 12.0 Å². The molecule has 0 amide bonds. The predicted octanol–water partition coefficient (Wildman–Crippen LogP) is 3.48. The highest BCUT2D eigenvalue weighted by Gasteiger charge is 2.11. The van der Waals surface area contributed by atoms with Crippen molar-refractivity contribution in [3.8, 4) is 11.8 Å². The number of hydrogen-bond acceptors (Lipinski definition) is 2. The highest BCUT2D eigenvalue weighted by molar-refractivity contribution is 5.38. The van der Waals surface area contributed by atoms with E-state index in [0.717, 1.165) is 5.56 Å². The van der Waals surface area contributed by atoms with E-state index in [2.05, 4.69) is 0 Å². The Morgan fingerprint density at radius 3 is 2.75 bits per heavy atom. The van der Waals surface area contributed by atoms with Gasteiger partial charge in [0.25, 0.3) is 6.43 Å². The zero-order chi connectivity index (χ0) is 12.0. The maximum Gasteiger partial charge on any atom is 0.263 e. The van der Waals surface area contributed by atoms with Gasteiger partial charge in [0.1, 0.15) is 5.75 Å². The Bertz CT molecular complexity index is 385. The monoisotopic (exact) mass is 225 g/mol. The van der Waals surface area contributed by atoms with Crippen molar-refractivity contribution in [1.82, 2.24) is 0 Å². The van der Waals surface area contributed by atoms with Crippen molar-refractivity contribution in [3.05, 3.63) is 29.3 Å². The second kappa shape index (κ2) is 6.06. The number of benzene rings is 1. The lowest BCUT2D eigenvalue weighted by atomic mass is 10.1. The molecular weight excluding hydrogens is 212 g/mol. The van der Waals surface area contributed by atoms with Crippen LogP contribution >= 0.6 is 0 Å². The van der Waals surface area contributed by atoms with Crippen LogP contribution in [0.1, 0.15) is 30.9 Å². The van der Waals surface area contributed by atoms with Gasteiger partial charge in [-0.1, -0.05) is 12.1 Å². The van der Waals surface area contributed by atoms with Gasteiger partial charge < -0.3 is 4.74 Å². The molecule has 16 heavy (non-hydrogen) atoms. The minimum atomic E-state index is -2.50. The van der Waals surface area contributed by atoms with Crippen molar-refractivity contribution in [3.63, 3.8) is 0 Å². The van der Waals surface area contributed by atoms with Gasteiger partial charge in [-0.05, 0) is 25.0 Å². The molecule has 0 unspecified atom stereocenters. The van der Waals surface area contributed by atoms with Crippen LogP contribution in [-0.4, -0.2) is 6.61 Å². The Morgan fingerprint density at radius 1 is 1.44 bits per heavy atom. The van der Waals surface area contributed by atoms with E-state index in [1.165, 1.54) is 12.1 Å². The van der Waals surface area contributed by atoms with E-state index in [1.807, 2.05) is 6.07 Å². The molecule has 4 heteroatoms. The van der Waals surface area contributed by atoms with Crippen molar-refractivity contribution in [2.45, 2.75) is 26.2 Å². The summed E-state index contributed by atoms with van der Waals surface area (Å²) in [5, 5.41) is 8.48.